The minimum atomic E-state index is -0.440. The van der Waals surface area contributed by atoms with Crippen LogP contribution in [0, 0.1) is 5.82 Å². The van der Waals surface area contributed by atoms with E-state index in [0.717, 1.165) is 5.56 Å². The highest BCUT2D eigenvalue weighted by molar-refractivity contribution is 6.30. The fourth-order valence-corrected chi connectivity index (χ4v) is 1.41. The van der Waals surface area contributed by atoms with Crippen LogP contribution >= 0.6 is 11.6 Å². The third kappa shape index (κ3) is 2.94. The minimum absolute atomic E-state index is 0.0851. The van der Waals surface area contributed by atoms with Gasteiger partial charge in [-0.05, 0) is 30.5 Å². The molecule has 3 N–H and O–H groups in total. The first-order chi connectivity index (χ1) is 6.65. The Kier molecular flexibility index (Phi) is 4.32. The van der Waals surface area contributed by atoms with Crippen LogP contribution in [0.5, 0.6) is 0 Å². The van der Waals surface area contributed by atoms with Gasteiger partial charge in [-0.1, -0.05) is 17.7 Å². The minimum Gasteiger partial charge on any atom is -0.396 e. The lowest BCUT2D eigenvalue weighted by molar-refractivity contribution is 0.280. The molecular weight excluding hydrogens is 205 g/mol. The quantitative estimate of drug-likeness (QED) is 0.813. The van der Waals surface area contributed by atoms with E-state index in [2.05, 4.69) is 0 Å². The highest BCUT2D eigenvalue weighted by atomic mass is 35.5. The number of aliphatic hydroxyl groups is 1. The molecule has 0 fully saturated rings. The van der Waals surface area contributed by atoms with E-state index in [1.807, 2.05) is 0 Å². The molecule has 0 aliphatic carbocycles. The van der Waals surface area contributed by atoms with Crippen molar-refractivity contribution in [2.75, 3.05) is 6.61 Å². The van der Waals surface area contributed by atoms with Crippen molar-refractivity contribution in [1.82, 2.24) is 0 Å². The van der Waals surface area contributed by atoms with Crippen LogP contribution in [0.15, 0.2) is 18.2 Å². The standard InChI is InChI=1S/C10H13ClFNO/c11-8-6-7(3-4-9(8)12)10(13)2-1-5-14/h3-4,6,10,14H,1-2,5,13H2. The Morgan fingerprint density at radius 1 is 1.50 bits per heavy atom. The summed E-state index contributed by atoms with van der Waals surface area (Å²) in [6.45, 7) is 0.114. The number of aliphatic hydroxyl groups excluding tert-OH is 1. The van der Waals surface area contributed by atoms with Crippen LogP contribution in [0.3, 0.4) is 0 Å². The second-order valence-electron chi connectivity index (χ2n) is 3.15. The Morgan fingerprint density at radius 2 is 2.21 bits per heavy atom. The van der Waals surface area contributed by atoms with Gasteiger partial charge in [0.25, 0.3) is 0 Å². The largest absolute Gasteiger partial charge is 0.396 e. The van der Waals surface area contributed by atoms with Crippen LogP contribution in [0.4, 0.5) is 4.39 Å². The Hall–Kier alpha value is -0.640. The predicted molar refractivity (Wildman–Crippen MR) is 54.7 cm³/mol. The molecule has 4 heteroatoms. The zero-order valence-corrected chi connectivity index (χ0v) is 8.47. The number of nitrogens with two attached hydrogens (primary N) is 1. The van der Waals surface area contributed by atoms with E-state index in [1.54, 1.807) is 6.07 Å². The van der Waals surface area contributed by atoms with Gasteiger partial charge in [-0.2, -0.15) is 0 Å². The molecule has 0 saturated heterocycles. The molecular formula is C10H13ClFNO. The van der Waals surface area contributed by atoms with E-state index < -0.39 is 5.82 Å². The van der Waals surface area contributed by atoms with Crippen molar-refractivity contribution in [1.29, 1.82) is 0 Å². The summed E-state index contributed by atoms with van der Waals surface area (Å²) in [5.74, 6) is -0.440. The molecule has 0 bridgehead atoms. The van der Waals surface area contributed by atoms with Crippen molar-refractivity contribution < 1.29 is 9.50 Å². The zero-order chi connectivity index (χ0) is 10.6. The van der Waals surface area contributed by atoms with Gasteiger partial charge in [0.05, 0.1) is 5.02 Å². The maximum absolute atomic E-state index is 12.8. The van der Waals surface area contributed by atoms with Crippen LogP contribution < -0.4 is 5.73 Å². The molecule has 0 aliphatic heterocycles. The molecule has 0 aliphatic rings. The Balaban J connectivity index is 2.70. The average Bonchev–Trinajstić information content (AvgIpc) is 2.18. The highest BCUT2D eigenvalue weighted by Crippen LogP contribution is 2.21. The van der Waals surface area contributed by atoms with Crippen molar-refractivity contribution in [2.24, 2.45) is 5.73 Å². The number of hydrogen-bond donors (Lipinski definition) is 2. The number of benzene rings is 1. The van der Waals surface area contributed by atoms with Crippen LogP contribution in [0.2, 0.25) is 5.02 Å². The summed E-state index contributed by atoms with van der Waals surface area (Å²) >= 11 is 5.61. The van der Waals surface area contributed by atoms with Gasteiger partial charge in [0.15, 0.2) is 0 Å². The van der Waals surface area contributed by atoms with Gasteiger partial charge in [0.2, 0.25) is 0 Å². The second kappa shape index (κ2) is 5.29. The molecule has 0 saturated carbocycles. The third-order valence-corrected chi connectivity index (χ3v) is 2.33. The Morgan fingerprint density at radius 3 is 2.79 bits per heavy atom. The first-order valence-electron chi connectivity index (χ1n) is 4.46. The van der Waals surface area contributed by atoms with Gasteiger partial charge in [0.1, 0.15) is 5.82 Å². The van der Waals surface area contributed by atoms with Crippen LogP contribution in [-0.2, 0) is 0 Å². The molecule has 0 aromatic heterocycles. The smallest absolute Gasteiger partial charge is 0.141 e. The predicted octanol–water partition coefficient (Wildman–Crippen LogP) is 2.25. The molecule has 0 spiro atoms. The fourth-order valence-electron chi connectivity index (χ4n) is 1.22. The lowest BCUT2D eigenvalue weighted by Gasteiger charge is -2.11. The number of halogens is 2. The van der Waals surface area contributed by atoms with E-state index >= 15 is 0 Å². The molecule has 1 rings (SSSR count). The Labute approximate surface area is 87.5 Å². The first-order valence-corrected chi connectivity index (χ1v) is 4.84. The molecule has 1 aromatic rings. The van der Waals surface area contributed by atoms with Gasteiger partial charge in [-0.3, -0.25) is 0 Å². The molecule has 1 unspecified atom stereocenters. The number of rotatable bonds is 4. The van der Waals surface area contributed by atoms with Gasteiger partial charge in [-0.15, -0.1) is 0 Å². The normalized spacial score (nSPS) is 12.9. The maximum Gasteiger partial charge on any atom is 0.141 e. The summed E-state index contributed by atoms with van der Waals surface area (Å²) in [7, 11) is 0. The maximum atomic E-state index is 12.8. The molecule has 0 heterocycles. The van der Waals surface area contributed by atoms with E-state index in [-0.39, 0.29) is 17.7 Å². The van der Waals surface area contributed by atoms with E-state index in [4.69, 9.17) is 22.4 Å². The van der Waals surface area contributed by atoms with E-state index in [9.17, 15) is 4.39 Å². The van der Waals surface area contributed by atoms with Crippen LogP contribution in [-0.4, -0.2) is 11.7 Å². The third-order valence-electron chi connectivity index (χ3n) is 2.05. The molecule has 78 valence electrons. The van der Waals surface area contributed by atoms with Gasteiger partial charge < -0.3 is 10.8 Å². The SMILES string of the molecule is NC(CCCO)c1ccc(F)c(Cl)c1. The summed E-state index contributed by atoms with van der Waals surface area (Å²) in [5.41, 5.74) is 6.60. The molecule has 0 radical (unpaired) electrons. The monoisotopic (exact) mass is 217 g/mol. The summed E-state index contributed by atoms with van der Waals surface area (Å²) in [5, 5.41) is 8.70. The fraction of sp³-hybridized carbons (Fsp3) is 0.400. The number of hydrogen-bond acceptors (Lipinski definition) is 2. The average molecular weight is 218 g/mol. The Bertz CT molecular complexity index is 306. The van der Waals surface area contributed by atoms with Gasteiger partial charge in [-0.25, -0.2) is 4.39 Å². The molecule has 0 amide bonds. The van der Waals surface area contributed by atoms with Gasteiger partial charge in [0, 0.05) is 12.6 Å². The zero-order valence-electron chi connectivity index (χ0n) is 7.71. The molecule has 1 atom stereocenters. The summed E-state index contributed by atoms with van der Waals surface area (Å²) in [6, 6.07) is 4.25. The van der Waals surface area contributed by atoms with Crippen molar-refractivity contribution in [3.63, 3.8) is 0 Å². The summed E-state index contributed by atoms with van der Waals surface area (Å²) < 4.78 is 12.8. The van der Waals surface area contributed by atoms with Gasteiger partial charge >= 0.3 is 0 Å². The molecule has 2 nitrogen and oxygen atoms in total. The van der Waals surface area contributed by atoms with Crippen molar-refractivity contribution in [3.05, 3.63) is 34.6 Å². The first kappa shape index (κ1) is 11.4. The topological polar surface area (TPSA) is 46.2 Å². The van der Waals surface area contributed by atoms with Crippen LogP contribution in [0.25, 0.3) is 0 Å². The molecule has 14 heavy (non-hydrogen) atoms. The van der Waals surface area contributed by atoms with Crippen molar-refractivity contribution in [2.45, 2.75) is 18.9 Å². The molecule has 1 aromatic carbocycles. The van der Waals surface area contributed by atoms with E-state index in [0.29, 0.717) is 12.8 Å². The van der Waals surface area contributed by atoms with Crippen molar-refractivity contribution >= 4 is 11.6 Å². The second-order valence-corrected chi connectivity index (χ2v) is 3.55. The summed E-state index contributed by atoms with van der Waals surface area (Å²) in [6.07, 6.45) is 1.30. The lowest BCUT2D eigenvalue weighted by Crippen LogP contribution is -2.10. The van der Waals surface area contributed by atoms with E-state index in [1.165, 1.54) is 12.1 Å². The van der Waals surface area contributed by atoms with Crippen LogP contribution in [0.1, 0.15) is 24.4 Å². The highest BCUT2D eigenvalue weighted by Gasteiger charge is 2.07. The van der Waals surface area contributed by atoms with Crippen molar-refractivity contribution in [3.8, 4) is 0 Å². The summed E-state index contributed by atoms with van der Waals surface area (Å²) in [4.78, 5) is 0. The lowest BCUT2D eigenvalue weighted by atomic mass is 10.0.